The molecule has 2 heterocycles. The number of anilines is 1. The Kier molecular flexibility index (Phi) is 6.56. The van der Waals surface area contributed by atoms with Gasteiger partial charge in [0.1, 0.15) is 28.3 Å². The summed E-state index contributed by atoms with van der Waals surface area (Å²) < 4.78 is 45.9. The van der Waals surface area contributed by atoms with Gasteiger partial charge in [-0.15, -0.1) is 0 Å². The van der Waals surface area contributed by atoms with Crippen LogP contribution in [0.2, 0.25) is 0 Å². The van der Waals surface area contributed by atoms with Crippen molar-refractivity contribution in [2.24, 2.45) is 0 Å². The summed E-state index contributed by atoms with van der Waals surface area (Å²) >= 11 is 0. The van der Waals surface area contributed by atoms with E-state index in [2.05, 4.69) is 20.3 Å². The minimum atomic E-state index is -4.04. The minimum Gasteiger partial charge on any atom is -0.496 e. The molecule has 0 unspecified atom stereocenters. The SMILES string of the molecule is COc1ccccc1S(=O)(=O)Nc1noc2cc(Cn3cc(C(=O)NCC#N)cn3)cc(OC)c12. The number of carbonyl (C=O) groups excluding carboxylic acids is 1. The molecule has 2 aromatic heterocycles. The molecule has 0 saturated heterocycles. The van der Waals surface area contributed by atoms with Crippen molar-refractivity contribution in [2.75, 3.05) is 25.5 Å². The summed E-state index contributed by atoms with van der Waals surface area (Å²) in [5, 5.41) is 19.4. The monoisotopic (exact) mass is 496 g/mol. The third-order valence-corrected chi connectivity index (χ3v) is 6.35. The number of rotatable bonds is 9. The van der Waals surface area contributed by atoms with Crippen LogP contribution in [0.1, 0.15) is 15.9 Å². The van der Waals surface area contributed by atoms with Crippen molar-refractivity contribution in [3.05, 3.63) is 59.9 Å². The lowest BCUT2D eigenvalue weighted by Crippen LogP contribution is -2.22. The molecule has 0 atom stereocenters. The molecule has 4 rings (SSSR count). The lowest BCUT2D eigenvalue weighted by Gasteiger charge is -2.11. The maximum atomic E-state index is 13.0. The molecule has 0 saturated carbocycles. The Morgan fingerprint density at radius 2 is 1.97 bits per heavy atom. The molecule has 180 valence electrons. The lowest BCUT2D eigenvalue weighted by molar-refractivity contribution is 0.0958. The van der Waals surface area contributed by atoms with Gasteiger partial charge in [0, 0.05) is 6.20 Å². The molecule has 0 fully saturated rings. The highest BCUT2D eigenvalue weighted by Crippen LogP contribution is 2.35. The van der Waals surface area contributed by atoms with Crippen molar-refractivity contribution in [3.63, 3.8) is 0 Å². The Balaban J connectivity index is 1.62. The number of nitrogens with zero attached hydrogens (tertiary/aromatic N) is 4. The molecule has 13 heteroatoms. The van der Waals surface area contributed by atoms with Crippen molar-refractivity contribution >= 4 is 32.7 Å². The minimum absolute atomic E-state index is 0.0372. The quantitative estimate of drug-likeness (QED) is 0.331. The fourth-order valence-corrected chi connectivity index (χ4v) is 4.59. The number of sulfonamides is 1. The van der Waals surface area contributed by atoms with E-state index >= 15 is 0 Å². The molecular formula is C22H20N6O6S. The van der Waals surface area contributed by atoms with Gasteiger partial charge in [-0.05, 0) is 29.8 Å². The van der Waals surface area contributed by atoms with Gasteiger partial charge in [-0.3, -0.25) is 14.2 Å². The number of fused-ring (bicyclic) bond motifs is 1. The maximum Gasteiger partial charge on any atom is 0.266 e. The van der Waals surface area contributed by atoms with Gasteiger partial charge in [-0.25, -0.2) is 8.42 Å². The van der Waals surface area contributed by atoms with Gasteiger partial charge in [-0.2, -0.15) is 10.4 Å². The van der Waals surface area contributed by atoms with Gasteiger partial charge in [-0.1, -0.05) is 17.3 Å². The molecule has 0 bridgehead atoms. The second-order valence-corrected chi connectivity index (χ2v) is 8.88. The molecule has 2 N–H and O–H groups in total. The van der Waals surface area contributed by atoms with Crippen LogP contribution >= 0.6 is 0 Å². The second kappa shape index (κ2) is 9.74. The molecule has 35 heavy (non-hydrogen) atoms. The average molecular weight is 497 g/mol. The number of hydrogen-bond donors (Lipinski definition) is 2. The normalized spacial score (nSPS) is 11.1. The zero-order chi connectivity index (χ0) is 25.0. The Hall–Kier alpha value is -4.57. The number of nitriles is 1. The fourth-order valence-electron chi connectivity index (χ4n) is 3.41. The molecule has 1 amide bonds. The van der Waals surface area contributed by atoms with Gasteiger partial charge in [0.2, 0.25) is 0 Å². The van der Waals surface area contributed by atoms with Crippen molar-refractivity contribution in [1.82, 2.24) is 20.3 Å². The molecular weight excluding hydrogens is 476 g/mol. The molecule has 12 nitrogen and oxygen atoms in total. The molecule has 0 aliphatic carbocycles. The molecule has 0 spiro atoms. The summed E-state index contributed by atoms with van der Waals surface area (Å²) in [5.74, 6) is 0.0652. The standard InChI is InChI=1S/C22H20N6O6S/c1-32-16-5-3-4-6-19(16)35(30,31)27-21-20-17(33-2)9-14(10-18(20)34-26-21)12-28-13-15(11-25-28)22(29)24-8-7-23/h3-6,9-11,13H,8,12H2,1-2H3,(H,24,29)(H,26,27). The average Bonchev–Trinajstić information content (AvgIpc) is 3.49. The Bertz CT molecular complexity index is 1540. The highest BCUT2D eigenvalue weighted by molar-refractivity contribution is 7.92. The topological polar surface area (TPSA) is 161 Å². The lowest BCUT2D eigenvalue weighted by atomic mass is 10.1. The third-order valence-electron chi connectivity index (χ3n) is 4.98. The Morgan fingerprint density at radius 1 is 1.20 bits per heavy atom. The number of nitrogens with one attached hydrogen (secondary N) is 2. The van der Waals surface area contributed by atoms with Gasteiger partial charge in [0.15, 0.2) is 11.4 Å². The van der Waals surface area contributed by atoms with Gasteiger partial charge >= 0.3 is 0 Å². The highest BCUT2D eigenvalue weighted by atomic mass is 32.2. The Morgan fingerprint density at radius 3 is 2.71 bits per heavy atom. The number of aromatic nitrogens is 3. The number of hydrogen-bond acceptors (Lipinski definition) is 9. The highest BCUT2D eigenvalue weighted by Gasteiger charge is 2.24. The fraction of sp³-hybridized carbons (Fsp3) is 0.182. The van der Waals surface area contributed by atoms with E-state index in [9.17, 15) is 13.2 Å². The Labute approximate surface area is 200 Å². The number of para-hydroxylation sites is 1. The molecule has 0 aliphatic heterocycles. The van der Waals surface area contributed by atoms with Crippen molar-refractivity contribution in [1.29, 1.82) is 5.26 Å². The van der Waals surface area contributed by atoms with Crippen LogP contribution in [0, 0.1) is 11.3 Å². The van der Waals surface area contributed by atoms with E-state index in [0.29, 0.717) is 22.3 Å². The van der Waals surface area contributed by atoms with E-state index < -0.39 is 15.9 Å². The van der Waals surface area contributed by atoms with E-state index in [1.54, 1.807) is 24.3 Å². The summed E-state index contributed by atoms with van der Waals surface area (Å²) in [6, 6.07) is 11.4. The summed E-state index contributed by atoms with van der Waals surface area (Å²) in [5.41, 5.74) is 1.30. The van der Waals surface area contributed by atoms with Crippen LogP contribution in [0.3, 0.4) is 0 Å². The summed E-state index contributed by atoms with van der Waals surface area (Å²) in [7, 11) is -1.22. The number of amides is 1. The van der Waals surface area contributed by atoms with Gasteiger partial charge < -0.3 is 19.3 Å². The van der Waals surface area contributed by atoms with Crippen molar-refractivity contribution in [2.45, 2.75) is 11.4 Å². The smallest absolute Gasteiger partial charge is 0.266 e. The van der Waals surface area contributed by atoms with Crippen LogP contribution in [-0.2, 0) is 16.6 Å². The first-order valence-corrected chi connectivity index (χ1v) is 11.6. The van der Waals surface area contributed by atoms with Crippen molar-refractivity contribution < 1.29 is 27.2 Å². The maximum absolute atomic E-state index is 13.0. The van der Waals surface area contributed by atoms with E-state index in [1.807, 2.05) is 6.07 Å². The van der Waals surface area contributed by atoms with E-state index in [0.717, 1.165) is 0 Å². The van der Waals surface area contributed by atoms with Crippen LogP contribution in [0.15, 0.2) is 58.2 Å². The van der Waals surface area contributed by atoms with E-state index in [4.69, 9.17) is 19.3 Å². The first-order chi connectivity index (χ1) is 16.9. The first-order valence-electron chi connectivity index (χ1n) is 10.2. The second-order valence-electron chi connectivity index (χ2n) is 7.23. The van der Waals surface area contributed by atoms with Crippen LogP contribution in [0.25, 0.3) is 11.0 Å². The zero-order valence-corrected chi connectivity index (χ0v) is 19.5. The summed E-state index contributed by atoms with van der Waals surface area (Å²) in [6.45, 7) is 0.160. The van der Waals surface area contributed by atoms with Gasteiger partial charge in [0.25, 0.3) is 15.9 Å². The first kappa shape index (κ1) is 23.6. The number of benzene rings is 2. The predicted molar refractivity (Wildman–Crippen MR) is 124 cm³/mol. The van der Waals surface area contributed by atoms with Gasteiger partial charge in [0.05, 0.1) is 38.6 Å². The largest absolute Gasteiger partial charge is 0.496 e. The number of carbonyl (C=O) groups is 1. The van der Waals surface area contributed by atoms with Crippen molar-refractivity contribution in [3.8, 4) is 17.6 Å². The van der Waals surface area contributed by atoms with Crippen LogP contribution in [0.4, 0.5) is 5.82 Å². The molecule has 0 radical (unpaired) electrons. The van der Waals surface area contributed by atoms with Crippen LogP contribution < -0.4 is 19.5 Å². The molecule has 0 aliphatic rings. The number of ether oxygens (including phenoxy) is 2. The predicted octanol–water partition coefficient (Wildman–Crippen LogP) is 2.14. The van der Waals surface area contributed by atoms with Crippen LogP contribution in [-0.4, -0.2) is 50.0 Å². The van der Waals surface area contributed by atoms with E-state index in [1.165, 1.54) is 43.4 Å². The summed E-state index contributed by atoms with van der Waals surface area (Å²) in [6.07, 6.45) is 2.93. The summed E-state index contributed by atoms with van der Waals surface area (Å²) in [4.78, 5) is 11.9. The third kappa shape index (κ3) is 4.87. The number of methoxy groups -OCH3 is 2. The van der Waals surface area contributed by atoms with E-state index in [-0.39, 0.29) is 35.1 Å². The molecule has 2 aromatic carbocycles. The van der Waals surface area contributed by atoms with Crippen LogP contribution in [0.5, 0.6) is 11.5 Å². The zero-order valence-electron chi connectivity index (χ0n) is 18.7. The molecule has 4 aromatic rings.